The first-order chi connectivity index (χ1) is 13.1. The monoisotopic (exact) mass is 380 g/mol. The third kappa shape index (κ3) is 2.63. The first-order valence-electron chi connectivity index (χ1n) is 9.17. The van der Waals surface area contributed by atoms with Crippen LogP contribution in [0.25, 0.3) is 21.5 Å². The van der Waals surface area contributed by atoms with Gasteiger partial charge in [-0.3, -0.25) is 9.13 Å². The molecule has 0 bridgehead atoms. The molecule has 0 atom stereocenters. The van der Waals surface area contributed by atoms with Crippen molar-refractivity contribution >= 4 is 38.0 Å². The van der Waals surface area contributed by atoms with Gasteiger partial charge in [0.05, 0.1) is 10.2 Å². The van der Waals surface area contributed by atoms with Gasteiger partial charge in [0.1, 0.15) is 0 Å². The van der Waals surface area contributed by atoms with Gasteiger partial charge in [0.2, 0.25) is 0 Å². The van der Waals surface area contributed by atoms with Gasteiger partial charge in [0, 0.05) is 30.5 Å². The molecule has 7 nitrogen and oxygen atoms in total. The Hall–Kier alpha value is -2.74. The first-order valence-corrected chi connectivity index (χ1v) is 9.99. The maximum absolute atomic E-state index is 13.0. The van der Waals surface area contributed by atoms with Crippen molar-refractivity contribution in [3.05, 3.63) is 47.1 Å². The van der Waals surface area contributed by atoms with Crippen LogP contribution in [-0.2, 0) is 0 Å². The number of hydrogen-bond acceptors (Lipinski definition) is 6. The Morgan fingerprint density at radius 2 is 1.96 bits per heavy atom. The molecule has 4 heterocycles. The van der Waals surface area contributed by atoms with E-state index in [1.165, 1.54) is 0 Å². The normalized spacial score (nSPS) is 19.7. The molecule has 0 aromatic carbocycles. The average Bonchev–Trinajstić information content (AvgIpc) is 3.15. The fourth-order valence-electron chi connectivity index (χ4n) is 3.82. The number of hydrogen-bond donors (Lipinski definition) is 1. The van der Waals surface area contributed by atoms with Crippen LogP contribution in [0.1, 0.15) is 38.8 Å². The summed E-state index contributed by atoms with van der Waals surface area (Å²) < 4.78 is 4.78. The highest BCUT2D eigenvalue weighted by atomic mass is 32.1. The second-order valence-electron chi connectivity index (χ2n) is 7.27. The van der Waals surface area contributed by atoms with E-state index in [4.69, 9.17) is 0 Å². The van der Waals surface area contributed by atoms with Crippen LogP contribution in [0.4, 0.5) is 5.13 Å². The molecule has 5 rings (SSSR count). The second kappa shape index (κ2) is 6.16. The molecule has 0 spiro atoms. The minimum absolute atomic E-state index is 0.0336. The van der Waals surface area contributed by atoms with Crippen LogP contribution in [0.2, 0.25) is 0 Å². The fraction of sp³-hybridized carbons (Fsp3) is 0.368. The SMILES string of the molecule is CC(C)n1c(=O)n([C@H]2C[C@H](Nc3nc4ncccc4s3)C2)c2ncccc21. The van der Waals surface area contributed by atoms with Gasteiger partial charge in [-0.2, -0.15) is 0 Å². The molecule has 0 aliphatic heterocycles. The van der Waals surface area contributed by atoms with Crippen LogP contribution >= 0.6 is 11.3 Å². The number of nitrogens with zero attached hydrogens (tertiary/aromatic N) is 5. The van der Waals surface area contributed by atoms with Gasteiger partial charge in [-0.15, -0.1) is 0 Å². The number of anilines is 1. The standard InChI is InChI=1S/C19H20N6OS/c1-11(2)24-14-5-3-8-21-17(14)25(19(24)26)13-9-12(10-13)22-18-23-16-15(27-18)6-4-7-20-16/h3-8,11-13H,9-10H2,1-2H3,(H,20,22,23)/t12-,13-. The van der Waals surface area contributed by atoms with Gasteiger partial charge >= 0.3 is 5.69 Å². The molecule has 0 saturated heterocycles. The average molecular weight is 380 g/mol. The summed E-state index contributed by atoms with van der Waals surface area (Å²) in [6.07, 6.45) is 5.29. The molecule has 0 unspecified atom stereocenters. The highest BCUT2D eigenvalue weighted by molar-refractivity contribution is 7.22. The van der Waals surface area contributed by atoms with Crippen LogP contribution in [0.3, 0.4) is 0 Å². The van der Waals surface area contributed by atoms with Crippen molar-refractivity contribution in [2.75, 3.05) is 5.32 Å². The van der Waals surface area contributed by atoms with Crippen LogP contribution < -0.4 is 11.0 Å². The molecular formula is C19H20N6OS. The summed E-state index contributed by atoms with van der Waals surface area (Å²) in [5.74, 6) is 0. The third-order valence-electron chi connectivity index (χ3n) is 5.15. The smallest absolute Gasteiger partial charge is 0.330 e. The molecule has 1 N–H and O–H groups in total. The van der Waals surface area contributed by atoms with E-state index < -0.39 is 0 Å². The Bertz CT molecular complexity index is 1150. The highest BCUT2D eigenvalue weighted by Gasteiger charge is 2.34. The van der Waals surface area contributed by atoms with Crippen LogP contribution in [-0.4, -0.2) is 30.1 Å². The summed E-state index contributed by atoms with van der Waals surface area (Å²) in [7, 11) is 0. The Balaban J connectivity index is 1.39. The molecule has 4 aromatic heterocycles. The largest absolute Gasteiger partial charge is 0.359 e. The lowest BCUT2D eigenvalue weighted by atomic mass is 9.86. The van der Waals surface area contributed by atoms with E-state index in [9.17, 15) is 4.79 Å². The Morgan fingerprint density at radius 3 is 2.74 bits per heavy atom. The second-order valence-corrected chi connectivity index (χ2v) is 8.30. The molecule has 1 fully saturated rings. The van der Waals surface area contributed by atoms with Gasteiger partial charge < -0.3 is 5.32 Å². The summed E-state index contributed by atoms with van der Waals surface area (Å²) in [4.78, 5) is 26.3. The maximum atomic E-state index is 13.0. The van der Waals surface area contributed by atoms with E-state index in [2.05, 4.69) is 20.3 Å². The van der Waals surface area contributed by atoms with E-state index in [0.717, 1.165) is 39.5 Å². The van der Waals surface area contributed by atoms with Crippen LogP contribution in [0, 0.1) is 0 Å². The zero-order chi connectivity index (χ0) is 18.5. The summed E-state index contributed by atoms with van der Waals surface area (Å²) in [6.45, 7) is 4.06. The molecule has 27 heavy (non-hydrogen) atoms. The number of thiazole rings is 1. The third-order valence-corrected chi connectivity index (χ3v) is 6.09. The van der Waals surface area contributed by atoms with Crippen molar-refractivity contribution in [1.29, 1.82) is 0 Å². The van der Waals surface area contributed by atoms with E-state index in [1.807, 2.05) is 47.2 Å². The van der Waals surface area contributed by atoms with Crippen molar-refractivity contribution in [2.45, 2.75) is 44.8 Å². The number of pyridine rings is 2. The molecular weight excluding hydrogens is 360 g/mol. The predicted octanol–water partition coefficient (Wildman–Crippen LogP) is 3.60. The van der Waals surface area contributed by atoms with Crippen molar-refractivity contribution < 1.29 is 0 Å². The van der Waals surface area contributed by atoms with E-state index >= 15 is 0 Å². The highest BCUT2D eigenvalue weighted by Crippen LogP contribution is 2.36. The van der Waals surface area contributed by atoms with E-state index in [0.29, 0.717) is 6.04 Å². The van der Waals surface area contributed by atoms with Crippen molar-refractivity contribution in [3.8, 4) is 0 Å². The van der Waals surface area contributed by atoms with Gasteiger partial charge in [0.25, 0.3) is 0 Å². The predicted molar refractivity (Wildman–Crippen MR) is 107 cm³/mol. The van der Waals surface area contributed by atoms with E-state index in [1.54, 1.807) is 23.7 Å². The Labute approximate surface area is 159 Å². The van der Waals surface area contributed by atoms with Crippen molar-refractivity contribution in [3.63, 3.8) is 0 Å². The fourth-order valence-corrected chi connectivity index (χ4v) is 4.72. The van der Waals surface area contributed by atoms with E-state index in [-0.39, 0.29) is 17.8 Å². The zero-order valence-corrected chi connectivity index (χ0v) is 16.0. The van der Waals surface area contributed by atoms with Crippen molar-refractivity contribution in [2.24, 2.45) is 0 Å². The molecule has 4 aromatic rings. The lowest BCUT2D eigenvalue weighted by molar-refractivity contribution is 0.279. The lowest BCUT2D eigenvalue weighted by Gasteiger charge is -2.36. The zero-order valence-electron chi connectivity index (χ0n) is 15.2. The topological polar surface area (TPSA) is 77.6 Å². The molecule has 8 heteroatoms. The van der Waals surface area contributed by atoms with Gasteiger partial charge in [-0.25, -0.2) is 19.7 Å². The number of imidazole rings is 1. The van der Waals surface area contributed by atoms with Gasteiger partial charge in [0.15, 0.2) is 16.4 Å². The first kappa shape index (κ1) is 16.4. The van der Waals surface area contributed by atoms with Gasteiger partial charge in [-0.1, -0.05) is 11.3 Å². The molecule has 1 aliphatic carbocycles. The van der Waals surface area contributed by atoms with Crippen molar-refractivity contribution in [1.82, 2.24) is 24.1 Å². The van der Waals surface area contributed by atoms with Crippen LogP contribution in [0.15, 0.2) is 41.5 Å². The number of rotatable bonds is 4. The molecule has 1 saturated carbocycles. The number of aromatic nitrogens is 5. The summed E-state index contributed by atoms with van der Waals surface area (Å²) in [5, 5.41) is 4.38. The van der Waals surface area contributed by atoms with Crippen LogP contribution in [0.5, 0.6) is 0 Å². The Morgan fingerprint density at radius 1 is 1.19 bits per heavy atom. The molecule has 0 radical (unpaired) electrons. The molecule has 0 amide bonds. The molecule has 138 valence electrons. The number of nitrogens with one attached hydrogen (secondary N) is 1. The maximum Gasteiger partial charge on any atom is 0.330 e. The van der Waals surface area contributed by atoms with Gasteiger partial charge in [-0.05, 0) is 51.0 Å². The minimum Gasteiger partial charge on any atom is -0.359 e. The number of fused-ring (bicyclic) bond motifs is 2. The lowest BCUT2D eigenvalue weighted by Crippen LogP contribution is -2.41. The quantitative estimate of drug-likeness (QED) is 0.585. The summed E-state index contributed by atoms with van der Waals surface area (Å²) in [5.41, 5.74) is 2.50. The summed E-state index contributed by atoms with van der Waals surface area (Å²) >= 11 is 1.62. The molecule has 1 aliphatic rings. The summed E-state index contributed by atoms with van der Waals surface area (Å²) in [6, 6.07) is 8.40. The Kier molecular flexibility index (Phi) is 3.75. The minimum atomic E-state index is 0.0336.